The predicted molar refractivity (Wildman–Crippen MR) is 79.9 cm³/mol. The number of nitrogens with one attached hydrogen (secondary N) is 1. The van der Waals surface area contributed by atoms with Crippen LogP contribution in [0.1, 0.15) is 32.1 Å². The van der Waals surface area contributed by atoms with Crippen LogP contribution in [0.15, 0.2) is 22.0 Å². The number of aliphatic hydroxyl groups excluding tert-OH is 1. The molecule has 114 valence electrons. The van der Waals surface area contributed by atoms with Crippen LogP contribution in [0.4, 0.5) is 0 Å². The Morgan fingerprint density at radius 3 is 3.10 bits per heavy atom. The first-order valence-electron chi connectivity index (χ1n) is 6.99. The number of amides is 1. The molecule has 2 N–H and O–H groups in total. The van der Waals surface area contributed by atoms with Crippen LogP contribution >= 0.6 is 11.3 Å². The van der Waals surface area contributed by atoms with Crippen molar-refractivity contribution in [3.63, 3.8) is 0 Å². The van der Waals surface area contributed by atoms with Gasteiger partial charge in [-0.05, 0) is 24.3 Å². The molecule has 2 heterocycles. The molecule has 0 saturated carbocycles. The summed E-state index contributed by atoms with van der Waals surface area (Å²) < 4.78 is 5.14. The fourth-order valence-electron chi connectivity index (χ4n) is 1.92. The van der Waals surface area contributed by atoms with Crippen molar-refractivity contribution in [1.29, 1.82) is 0 Å². The number of carbonyl (C=O) groups is 1. The zero-order valence-corrected chi connectivity index (χ0v) is 12.7. The van der Waals surface area contributed by atoms with Crippen molar-refractivity contribution in [2.45, 2.75) is 38.6 Å². The molecule has 0 aliphatic rings. The smallest absolute Gasteiger partial charge is 0.227 e. The highest BCUT2D eigenvalue weighted by Crippen LogP contribution is 2.21. The summed E-state index contributed by atoms with van der Waals surface area (Å²) in [6, 6.07) is 3.87. The number of aromatic nitrogens is 2. The van der Waals surface area contributed by atoms with Crippen molar-refractivity contribution in [1.82, 2.24) is 15.5 Å². The molecule has 0 spiro atoms. The second kappa shape index (κ2) is 7.90. The van der Waals surface area contributed by atoms with Gasteiger partial charge < -0.3 is 14.9 Å². The largest absolute Gasteiger partial charge is 0.396 e. The van der Waals surface area contributed by atoms with E-state index in [0.29, 0.717) is 31.0 Å². The Bertz CT molecular complexity index is 554. The van der Waals surface area contributed by atoms with E-state index < -0.39 is 0 Å². The Morgan fingerprint density at radius 1 is 1.57 bits per heavy atom. The average molecular weight is 309 g/mol. The monoisotopic (exact) mass is 309 g/mol. The van der Waals surface area contributed by atoms with Gasteiger partial charge >= 0.3 is 0 Å². The lowest BCUT2D eigenvalue weighted by molar-refractivity contribution is -0.122. The van der Waals surface area contributed by atoms with Gasteiger partial charge in [0.15, 0.2) is 0 Å². The van der Waals surface area contributed by atoms with Crippen LogP contribution in [0.3, 0.4) is 0 Å². The van der Waals surface area contributed by atoms with Gasteiger partial charge in [0.1, 0.15) is 0 Å². The Balaban J connectivity index is 1.81. The molecule has 1 unspecified atom stereocenters. The zero-order valence-electron chi connectivity index (χ0n) is 11.9. The topological polar surface area (TPSA) is 88.2 Å². The number of aliphatic hydroxyl groups is 1. The molecule has 2 rings (SSSR count). The molecule has 1 amide bonds. The number of carbonyl (C=O) groups excluding carboxylic acids is 1. The second-order valence-electron chi connectivity index (χ2n) is 4.67. The molecule has 1 atom stereocenters. The lowest BCUT2D eigenvalue weighted by Crippen LogP contribution is -2.35. The summed E-state index contributed by atoms with van der Waals surface area (Å²) in [5.74, 6) is 0.960. The van der Waals surface area contributed by atoms with E-state index in [0.717, 1.165) is 11.3 Å². The van der Waals surface area contributed by atoms with E-state index in [1.807, 2.05) is 24.4 Å². The summed E-state index contributed by atoms with van der Waals surface area (Å²) in [4.78, 5) is 17.0. The van der Waals surface area contributed by atoms with Gasteiger partial charge in [0.25, 0.3) is 0 Å². The number of hydrogen-bond donors (Lipinski definition) is 2. The molecule has 0 aliphatic heterocycles. The lowest BCUT2D eigenvalue weighted by Gasteiger charge is -2.15. The molecule has 0 saturated heterocycles. The fourth-order valence-corrected chi connectivity index (χ4v) is 2.57. The highest BCUT2D eigenvalue weighted by atomic mass is 32.1. The standard InChI is InChI=1S/C14H19N3O3S/c1-2-10(7-8-18)15-12(19)5-6-13-16-14(17-20-13)11-4-3-9-21-11/h3-4,9-10,18H,2,5-8H2,1H3,(H,15,19). The predicted octanol–water partition coefficient (Wildman–Crippen LogP) is 2.01. The van der Waals surface area contributed by atoms with Crippen LogP contribution < -0.4 is 5.32 Å². The maximum Gasteiger partial charge on any atom is 0.227 e. The van der Waals surface area contributed by atoms with E-state index in [1.165, 1.54) is 0 Å². The Kier molecular flexibility index (Phi) is 5.89. The maximum atomic E-state index is 11.8. The molecule has 0 bridgehead atoms. The molecule has 7 heteroatoms. The summed E-state index contributed by atoms with van der Waals surface area (Å²) in [5, 5.41) is 17.6. The number of nitrogens with zero attached hydrogens (tertiary/aromatic N) is 2. The van der Waals surface area contributed by atoms with Crippen molar-refractivity contribution < 1.29 is 14.4 Å². The van der Waals surface area contributed by atoms with Crippen LogP contribution in [-0.2, 0) is 11.2 Å². The van der Waals surface area contributed by atoms with Crippen molar-refractivity contribution >= 4 is 17.2 Å². The van der Waals surface area contributed by atoms with E-state index >= 15 is 0 Å². The minimum Gasteiger partial charge on any atom is -0.396 e. The Hall–Kier alpha value is -1.73. The first kappa shape index (κ1) is 15.7. The Morgan fingerprint density at radius 2 is 2.43 bits per heavy atom. The van der Waals surface area contributed by atoms with Gasteiger partial charge in [-0.2, -0.15) is 4.98 Å². The first-order chi connectivity index (χ1) is 10.2. The van der Waals surface area contributed by atoms with Crippen LogP contribution in [-0.4, -0.2) is 33.8 Å². The van der Waals surface area contributed by atoms with Gasteiger partial charge in [-0.3, -0.25) is 4.79 Å². The molecule has 2 aromatic rings. The van der Waals surface area contributed by atoms with E-state index in [-0.39, 0.29) is 18.6 Å². The lowest BCUT2D eigenvalue weighted by atomic mass is 10.1. The molecule has 6 nitrogen and oxygen atoms in total. The third-order valence-corrected chi connectivity index (χ3v) is 3.98. The van der Waals surface area contributed by atoms with Crippen LogP contribution in [0.25, 0.3) is 10.7 Å². The van der Waals surface area contributed by atoms with Gasteiger partial charge in [-0.25, -0.2) is 0 Å². The number of thiophene rings is 1. The van der Waals surface area contributed by atoms with Gasteiger partial charge in [0.05, 0.1) is 4.88 Å². The van der Waals surface area contributed by atoms with Crippen molar-refractivity contribution in [3.8, 4) is 10.7 Å². The fraction of sp³-hybridized carbons (Fsp3) is 0.500. The summed E-state index contributed by atoms with van der Waals surface area (Å²) in [5.41, 5.74) is 0. The van der Waals surface area contributed by atoms with E-state index in [2.05, 4.69) is 15.5 Å². The minimum atomic E-state index is -0.0637. The molecule has 0 fully saturated rings. The molecular weight excluding hydrogens is 290 g/mol. The van der Waals surface area contributed by atoms with Gasteiger partial charge in [0.2, 0.25) is 17.6 Å². The van der Waals surface area contributed by atoms with Crippen LogP contribution in [0.2, 0.25) is 0 Å². The zero-order chi connectivity index (χ0) is 15.1. The number of rotatable bonds is 8. The van der Waals surface area contributed by atoms with Gasteiger partial charge in [0, 0.05) is 25.5 Å². The summed E-state index contributed by atoms with van der Waals surface area (Å²) >= 11 is 1.54. The third kappa shape index (κ3) is 4.64. The highest BCUT2D eigenvalue weighted by Gasteiger charge is 2.13. The van der Waals surface area contributed by atoms with Gasteiger partial charge in [-0.1, -0.05) is 18.1 Å². The van der Waals surface area contributed by atoms with Crippen LogP contribution in [0.5, 0.6) is 0 Å². The van der Waals surface area contributed by atoms with E-state index in [4.69, 9.17) is 9.63 Å². The van der Waals surface area contributed by atoms with Crippen LogP contribution in [0, 0.1) is 0 Å². The summed E-state index contributed by atoms with van der Waals surface area (Å²) in [6.45, 7) is 2.05. The minimum absolute atomic E-state index is 0.0202. The summed E-state index contributed by atoms with van der Waals surface area (Å²) in [6.07, 6.45) is 2.09. The molecule has 0 radical (unpaired) electrons. The van der Waals surface area contributed by atoms with E-state index in [9.17, 15) is 4.79 Å². The number of hydrogen-bond acceptors (Lipinski definition) is 6. The highest BCUT2D eigenvalue weighted by molar-refractivity contribution is 7.13. The normalized spacial score (nSPS) is 12.3. The molecule has 21 heavy (non-hydrogen) atoms. The van der Waals surface area contributed by atoms with E-state index in [1.54, 1.807) is 11.3 Å². The van der Waals surface area contributed by atoms with Crippen molar-refractivity contribution in [2.24, 2.45) is 0 Å². The molecular formula is C14H19N3O3S. The average Bonchev–Trinajstić information content (AvgIpc) is 3.15. The second-order valence-corrected chi connectivity index (χ2v) is 5.62. The molecule has 0 aromatic carbocycles. The van der Waals surface area contributed by atoms with Gasteiger partial charge in [-0.15, -0.1) is 11.3 Å². The summed E-state index contributed by atoms with van der Waals surface area (Å²) in [7, 11) is 0. The quantitative estimate of drug-likeness (QED) is 0.778. The maximum absolute atomic E-state index is 11.8. The Labute approximate surface area is 127 Å². The third-order valence-electron chi connectivity index (χ3n) is 3.11. The molecule has 0 aliphatic carbocycles. The molecule has 2 aromatic heterocycles. The number of aryl methyl sites for hydroxylation is 1. The first-order valence-corrected chi connectivity index (χ1v) is 7.87. The SMILES string of the molecule is CCC(CCO)NC(=O)CCc1nc(-c2cccs2)no1. The van der Waals surface area contributed by atoms with Crippen molar-refractivity contribution in [3.05, 3.63) is 23.4 Å². The van der Waals surface area contributed by atoms with Crippen molar-refractivity contribution in [2.75, 3.05) is 6.61 Å².